The van der Waals surface area contributed by atoms with E-state index in [-0.39, 0.29) is 0 Å². The number of anilines is 3. The Labute approximate surface area is 314 Å². The van der Waals surface area contributed by atoms with Crippen molar-refractivity contribution in [2.24, 2.45) is 0 Å². The van der Waals surface area contributed by atoms with Gasteiger partial charge in [-0.1, -0.05) is 121 Å². The van der Waals surface area contributed by atoms with Gasteiger partial charge >= 0.3 is 0 Å². The minimum atomic E-state index is -2.64. The first kappa shape index (κ1) is 32.5. The van der Waals surface area contributed by atoms with Gasteiger partial charge in [-0.2, -0.15) is 10.5 Å². The van der Waals surface area contributed by atoms with Crippen molar-refractivity contribution in [1.29, 1.82) is 10.5 Å². The first-order valence-electron chi connectivity index (χ1n) is 16.9. The van der Waals surface area contributed by atoms with Gasteiger partial charge in [-0.3, -0.25) is 0 Å². The van der Waals surface area contributed by atoms with Crippen molar-refractivity contribution in [3.63, 3.8) is 0 Å². The second-order valence-corrected chi connectivity index (χ2v) is 21.9. The zero-order chi connectivity index (χ0) is 35.6. The summed E-state index contributed by atoms with van der Waals surface area (Å²) in [6, 6.07) is 54.0. The average Bonchev–Trinajstić information content (AvgIpc) is 3.21. The maximum Gasteiger partial charge on any atom is 0.0991 e. The van der Waals surface area contributed by atoms with Gasteiger partial charge in [-0.05, 0) is 106 Å². The molecule has 9 rings (SSSR count). The lowest BCUT2D eigenvalue weighted by Gasteiger charge is -2.47. The summed E-state index contributed by atoms with van der Waals surface area (Å²) in [5.74, 6) is 0. The Balaban J connectivity index is 1.40. The van der Waals surface area contributed by atoms with Crippen LogP contribution in [0.25, 0.3) is 22.3 Å². The molecule has 0 amide bonds. The zero-order valence-electron chi connectivity index (χ0n) is 28.1. The standard InChI is InChI=1S/C45H29N3P2S2/c1-30-22-43-45-44(23-30)50(52,38-16-6-3-7-17-38)42-27-36(34-13-9-11-32(25-34)29-47)19-21-40(42)48(45)39-20-18-35(33-12-8-10-31(24-33)28-46)26-41(39)49(43,51)37-14-4-2-5-15-37/h2-27H,1H3. The summed E-state index contributed by atoms with van der Waals surface area (Å²) in [6.07, 6.45) is 0. The van der Waals surface area contributed by atoms with Crippen molar-refractivity contribution < 1.29 is 0 Å². The first-order valence-corrected chi connectivity index (χ1v) is 22.5. The lowest BCUT2D eigenvalue weighted by Crippen LogP contribution is -2.46. The van der Waals surface area contributed by atoms with Gasteiger partial charge in [0.2, 0.25) is 0 Å². The minimum absolute atomic E-state index is 0.621. The van der Waals surface area contributed by atoms with Gasteiger partial charge in [0.15, 0.2) is 0 Å². The molecule has 7 heteroatoms. The third kappa shape index (κ3) is 4.83. The number of hydrogen-bond acceptors (Lipinski definition) is 5. The highest BCUT2D eigenvalue weighted by Crippen LogP contribution is 2.61. The van der Waals surface area contributed by atoms with Crippen molar-refractivity contribution in [3.05, 3.63) is 174 Å². The van der Waals surface area contributed by atoms with Gasteiger partial charge in [-0.15, -0.1) is 0 Å². The highest BCUT2D eigenvalue weighted by atomic mass is 32.4. The van der Waals surface area contributed by atoms with E-state index in [4.69, 9.17) is 23.6 Å². The van der Waals surface area contributed by atoms with Crippen LogP contribution in [0.2, 0.25) is 0 Å². The summed E-state index contributed by atoms with van der Waals surface area (Å²) in [4.78, 5) is 2.42. The lowest BCUT2D eigenvalue weighted by atomic mass is 10.0. The zero-order valence-corrected chi connectivity index (χ0v) is 31.5. The van der Waals surface area contributed by atoms with Crippen LogP contribution in [0.3, 0.4) is 0 Å². The summed E-state index contributed by atoms with van der Waals surface area (Å²) < 4.78 is 0. The van der Waals surface area contributed by atoms with Gasteiger partial charge in [-0.25, -0.2) is 0 Å². The van der Waals surface area contributed by atoms with Crippen molar-refractivity contribution in [3.8, 4) is 34.4 Å². The number of hydrogen-bond donors (Lipinski definition) is 0. The summed E-state index contributed by atoms with van der Waals surface area (Å²) in [6.45, 7) is 2.16. The average molecular weight is 738 g/mol. The van der Waals surface area contributed by atoms with E-state index in [1.807, 2.05) is 48.5 Å². The van der Waals surface area contributed by atoms with E-state index in [1.54, 1.807) is 0 Å². The van der Waals surface area contributed by atoms with E-state index in [9.17, 15) is 10.5 Å². The first-order chi connectivity index (χ1) is 25.3. The Hall–Kier alpha value is -5.38. The molecular formula is C45H29N3P2S2. The highest BCUT2D eigenvalue weighted by Gasteiger charge is 2.46. The highest BCUT2D eigenvalue weighted by molar-refractivity contribution is 8.27. The van der Waals surface area contributed by atoms with E-state index in [0.717, 1.165) is 76.7 Å². The molecule has 0 N–H and O–H groups in total. The predicted molar refractivity (Wildman–Crippen MR) is 225 cm³/mol. The molecule has 0 aromatic heterocycles. The smallest absolute Gasteiger partial charge is 0.0991 e. The summed E-state index contributed by atoms with van der Waals surface area (Å²) in [5, 5.41) is 26.2. The minimum Gasteiger partial charge on any atom is -0.308 e. The Morgan fingerprint density at radius 1 is 0.462 bits per heavy atom. The second kappa shape index (κ2) is 12.4. The Morgan fingerprint density at radius 2 is 0.885 bits per heavy atom. The number of fused-ring (bicyclic) bond motifs is 4. The molecule has 2 heterocycles. The Kier molecular flexibility index (Phi) is 7.75. The monoisotopic (exact) mass is 737 g/mol. The number of benzene rings is 7. The van der Waals surface area contributed by atoms with Gasteiger partial charge in [0.05, 0.1) is 40.3 Å². The van der Waals surface area contributed by atoms with Crippen LogP contribution in [0.15, 0.2) is 158 Å². The third-order valence-corrected chi connectivity index (χ3v) is 19.9. The quantitative estimate of drug-likeness (QED) is 0.169. The summed E-state index contributed by atoms with van der Waals surface area (Å²) >= 11 is 14.2. The predicted octanol–water partition coefficient (Wildman–Crippen LogP) is 8.68. The van der Waals surface area contributed by atoms with Gasteiger partial charge < -0.3 is 4.90 Å². The molecule has 0 saturated carbocycles. The molecule has 0 aliphatic carbocycles. The molecule has 0 radical (unpaired) electrons. The molecule has 7 aromatic carbocycles. The lowest BCUT2D eigenvalue weighted by molar-refractivity contribution is 1.30. The molecule has 0 bridgehead atoms. The van der Waals surface area contributed by atoms with Gasteiger partial charge in [0.25, 0.3) is 0 Å². The van der Waals surface area contributed by atoms with Crippen LogP contribution in [0.1, 0.15) is 16.7 Å². The maximum atomic E-state index is 9.72. The van der Waals surface area contributed by atoms with Crippen LogP contribution in [-0.2, 0) is 23.6 Å². The van der Waals surface area contributed by atoms with E-state index in [0.29, 0.717) is 11.1 Å². The summed E-state index contributed by atoms with van der Waals surface area (Å²) in [5.41, 5.74) is 9.61. The number of nitriles is 2. The van der Waals surface area contributed by atoms with Crippen molar-refractivity contribution >= 4 is 84.6 Å². The van der Waals surface area contributed by atoms with E-state index >= 15 is 0 Å². The molecule has 3 nitrogen and oxygen atoms in total. The van der Waals surface area contributed by atoms with Crippen LogP contribution in [-0.4, -0.2) is 0 Å². The molecule has 2 atom stereocenters. The van der Waals surface area contributed by atoms with E-state index in [1.165, 1.54) is 0 Å². The molecule has 7 aromatic rings. The van der Waals surface area contributed by atoms with Crippen molar-refractivity contribution in [1.82, 2.24) is 0 Å². The van der Waals surface area contributed by atoms with Crippen LogP contribution >= 0.6 is 12.1 Å². The van der Waals surface area contributed by atoms with Crippen LogP contribution in [0.5, 0.6) is 0 Å². The molecule has 2 aliphatic rings. The molecule has 0 saturated heterocycles. The van der Waals surface area contributed by atoms with Crippen LogP contribution in [0, 0.1) is 29.6 Å². The van der Waals surface area contributed by atoms with Crippen molar-refractivity contribution in [2.45, 2.75) is 6.92 Å². The van der Waals surface area contributed by atoms with Gasteiger partial charge in [0.1, 0.15) is 0 Å². The van der Waals surface area contributed by atoms with Crippen LogP contribution < -0.4 is 36.7 Å². The van der Waals surface area contributed by atoms with E-state index < -0.39 is 12.1 Å². The molecule has 2 aliphatic heterocycles. The maximum absolute atomic E-state index is 9.72. The normalized spacial score (nSPS) is 17.9. The van der Waals surface area contributed by atoms with E-state index in [2.05, 4.69) is 133 Å². The molecule has 246 valence electrons. The molecule has 2 unspecified atom stereocenters. The third-order valence-electron chi connectivity index (χ3n) is 10.1. The van der Waals surface area contributed by atoms with Gasteiger partial charge in [0, 0.05) is 33.3 Å². The fourth-order valence-electron chi connectivity index (χ4n) is 7.74. The largest absolute Gasteiger partial charge is 0.308 e. The number of nitrogens with zero attached hydrogens (tertiary/aromatic N) is 3. The molecule has 52 heavy (non-hydrogen) atoms. The second-order valence-electron chi connectivity index (χ2n) is 13.2. The topological polar surface area (TPSA) is 50.8 Å². The summed E-state index contributed by atoms with van der Waals surface area (Å²) in [7, 11) is 0. The molecular weight excluding hydrogens is 709 g/mol. The fraction of sp³-hybridized carbons (Fsp3) is 0.0222. The molecule has 0 fully saturated rings. The van der Waals surface area contributed by atoms with Crippen LogP contribution in [0.4, 0.5) is 17.1 Å². The number of rotatable bonds is 4. The fourth-order valence-corrected chi connectivity index (χ4v) is 16.5. The Morgan fingerprint density at radius 3 is 1.31 bits per heavy atom. The number of aryl methyl sites for hydroxylation is 1. The van der Waals surface area contributed by atoms with Crippen molar-refractivity contribution in [2.75, 3.05) is 4.90 Å². The molecule has 0 spiro atoms. The SMILES string of the molecule is Cc1cc2c3c(c1)P(=S)(c1ccccc1)c1cc(-c4cccc(C#N)c4)ccc1N3c1ccc(-c3cccc(C#N)c3)cc1P2(=S)c1ccccc1. The Bertz CT molecular complexity index is 2610.